The van der Waals surface area contributed by atoms with Crippen molar-refractivity contribution in [3.63, 3.8) is 0 Å². The molecule has 0 unspecified atom stereocenters. The quantitative estimate of drug-likeness (QED) is 0.390. The highest BCUT2D eigenvalue weighted by molar-refractivity contribution is 4.51. The van der Waals surface area contributed by atoms with E-state index in [9.17, 15) is 0 Å². The zero-order valence-corrected chi connectivity index (χ0v) is 17.4. The van der Waals surface area contributed by atoms with Gasteiger partial charge in [0.2, 0.25) is 0 Å². The maximum atomic E-state index is 3.36. The Balaban J connectivity index is -0.00000000981. The summed E-state index contributed by atoms with van der Waals surface area (Å²) in [6.45, 7) is 42.5. The molecule has 0 saturated carbocycles. The molecule has 0 aliphatic carbocycles. The van der Waals surface area contributed by atoms with E-state index in [1.807, 2.05) is 83.1 Å². The standard InChI is InChI=1S/2C3H6.5C2H6.2C2H4/c2*1-3-2;7*1-2/h2*3H,1H2,2H3;5*1-2H3;2*1-2H2. The van der Waals surface area contributed by atoms with Crippen LogP contribution >= 0.6 is 0 Å². The zero-order chi connectivity index (χ0) is 19.4. The molecule has 0 heterocycles. The van der Waals surface area contributed by atoms with Crippen LogP contribution in [0.15, 0.2) is 51.6 Å². The van der Waals surface area contributed by atoms with Gasteiger partial charge in [-0.25, -0.2) is 0 Å². The minimum Gasteiger partial charge on any atom is -0.106 e. The highest BCUT2D eigenvalue weighted by Gasteiger charge is 1.15. The molecule has 0 atom stereocenters. The van der Waals surface area contributed by atoms with Crippen LogP contribution in [0.5, 0.6) is 0 Å². The smallest absolute Gasteiger partial charge is 0.0473 e. The third-order valence-corrected chi connectivity index (χ3v) is 0. The van der Waals surface area contributed by atoms with Crippen molar-refractivity contribution in [2.24, 2.45) is 0 Å². The van der Waals surface area contributed by atoms with E-state index < -0.39 is 0 Å². The van der Waals surface area contributed by atoms with Crippen LogP contribution in [-0.2, 0) is 0 Å². The summed E-state index contributed by atoms with van der Waals surface area (Å²) in [5, 5.41) is 0. The van der Waals surface area contributed by atoms with E-state index in [4.69, 9.17) is 0 Å². The van der Waals surface area contributed by atoms with Gasteiger partial charge in [-0.2, -0.15) is 0 Å². The highest BCUT2D eigenvalue weighted by Crippen LogP contribution is 1.38. The van der Waals surface area contributed by atoms with E-state index in [0.29, 0.717) is 0 Å². The summed E-state index contributed by atoms with van der Waals surface area (Å²) in [5.41, 5.74) is 0. The first kappa shape index (κ1) is 61.6. The lowest BCUT2D eigenvalue weighted by Crippen LogP contribution is -1.07. The van der Waals surface area contributed by atoms with E-state index in [1.165, 1.54) is 0 Å². The Hall–Kier alpha value is -1.04. The van der Waals surface area contributed by atoms with Crippen molar-refractivity contribution in [1.29, 1.82) is 0 Å². The van der Waals surface area contributed by atoms with Crippen molar-refractivity contribution in [2.45, 2.75) is 83.1 Å². The van der Waals surface area contributed by atoms with Gasteiger partial charge in [0.15, 0.2) is 0 Å². The third-order valence-electron chi connectivity index (χ3n) is 0. The predicted octanol–water partition coefficient (Wildman–Crippen LogP) is 9.12. The highest BCUT2D eigenvalue weighted by atomic mass is 13.2. The molecule has 0 heteroatoms. The summed E-state index contributed by atoms with van der Waals surface area (Å²) < 4.78 is 0. The van der Waals surface area contributed by atoms with Crippen molar-refractivity contribution < 1.29 is 0 Å². The summed E-state index contributed by atoms with van der Waals surface area (Å²) in [6, 6.07) is 0. The summed E-state index contributed by atoms with van der Waals surface area (Å²) in [5.74, 6) is 0. The van der Waals surface area contributed by atoms with Gasteiger partial charge in [0.1, 0.15) is 0 Å². The molecule has 0 saturated heterocycles. The van der Waals surface area contributed by atoms with Gasteiger partial charge >= 0.3 is 0 Å². The molecular formula is C20H50. The molecule has 0 bridgehead atoms. The molecule has 20 heavy (non-hydrogen) atoms. The zero-order valence-electron chi connectivity index (χ0n) is 17.4. The fourth-order valence-corrected chi connectivity index (χ4v) is 0. The Labute approximate surface area is 135 Å². The minimum atomic E-state index is 1.75. The lowest BCUT2D eigenvalue weighted by atomic mass is 10.8. The largest absolute Gasteiger partial charge is 0.106 e. The molecule has 0 amide bonds. The second-order valence-electron chi connectivity index (χ2n) is 0.816. The molecule has 0 nitrogen and oxygen atoms in total. The van der Waals surface area contributed by atoms with Crippen LogP contribution in [0.25, 0.3) is 0 Å². The molecule has 0 aromatic rings. The second kappa shape index (κ2) is 5610. The van der Waals surface area contributed by atoms with Crippen LogP contribution in [-0.4, -0.2) is 0 Å². The van der Waals surface area contributed by atoms with Crippen molar-refractivity contribution in [2.75, 3.05) is 0 Å². The fourth-order valence-electron chi connectivity index (χ4n) is 0. The maximum Gasteiger partial charge on any atom is -0.0473 e. The Morgan fingerprint density at radius 1 is 0.400 bits per heavy atom. The first-order valence-electron chi connectivity index (χ1n) is 7.97. The minimum absolute atomic E-state index is 1.75. The second-order valence-corrected chi connectivity index (χ2v) is 0.816. The van der Waals surface area contributed by atoms with E-state index in [2.05, 4.69) is 39.5 Å². The van der Waals surface area contributed by atoms with Crippen LogP contribution in [0, 0.1) is 0 Å². The van der Waals surface area contributed by atoms with Crippen LogP contribution in [0.3, 0.4) is 0 Å². The Morgan fingerprint density at radius 3 is 0.400 bits per heavy atom. The van der Waals surface area contributed by atoms with Gasteiger partial charge in [0, 0.05) is 0 Å². The van der Waals surface area contributed by atoms with Crippen molar-refractivity contribution >= 4 is 0 Å². The number of allylic oxidation sites excluding steroid dienone is 2. The van der Waals surface area contributed by atoms with Gasteiger partial charge < -0.3 is 0 Å². The molecule has 0 aromatic carbocycles. The molecule has 0 spiro atoms. The monoisotopic (exact) mass is 290 g/mol. The van der Waals surface area contributed by atoms with E-state index in [0.717, 1.165) is 0 Å². The predicted molar refractivity (Wildman–Crippen MR) is 111 cm³/mol. The average molecular weight is 291 g/mol. The van der Waals surface area contributed by atoms with E-state index >= 15 is 0 Å². The van der Waals surface area contributed by atoms with Crippen molar-refractivity contribution in [3.8, 4) is 0 Å². The molecule has 0 N–H and O–H groups in total. The molecule has 0 aliphatic rings. The molecule has 130 valence electrons. The summed E-state index contributed by atoms with van der Waals surface area (Å²) in [7, 11) is 0. The Kier molecular flexibility index (Phi) is 17300. The number of rotatable bonds is 0. The summed E-state index contributed by atoms with van der Waals surface area (Å²) >= 11 is 0. The van der Waals surface area contributed by atoms with Crippen molar-refractivity contribution in [3.05, 3.63) is 51.6 Å². The van der Waals surface area contributed by atoms with Crippen LogP contribution < -0.4 is 0 Å². The first-order valence-corrected chi connectivity index (χ1v) is 7.97. The molecular weight excluding hydrogens is 240 g/mol. The van der Waals surface area contributed by atoms with Gasteiger partial charge in [-0.05, 0) is 13.8 Å². The fraction of sp³-hybridized carbons (Fsp3) is 0.600. The molecule has 0 aliphatic heterocycles. The maximum absolute atomic E-state index is 3.36. The van der Waals surface area contributed by atoms with Crippen LogP contribution in [0.2, 0.25) is 0 Å². The summed E-state index contributed by atoms with van der Waals surface area (Å²) in [6.07, 6.45) is 3.50. The lowest BCUT2D eigenvalue weighted by molar-refractivity contribution is 1.50. The van der Waals surface area contributed by atoms with Gasteiger partial charge in [0.05, 0.1) is 0 Å². The SMILES string of the molecule is C=C.C=C.C=CC.C=CC.CC.CC.CC.CC.CC. The first-order chi connectivity index (χ1) is 9.83. The average Bonchev–Trinajstić information content (AvgIpc) is 2.61. The topological polar surface area (TPSA) is 0 Å². The van der Waals surface area contributed by atoms with Crippen LogP contribution in [0.4, 0.5) is 0 Å². The van der Waals surface area contributed by atoms with E-state index in [1.54, 1.807) is 12.2 Å². The third kappa shape index (κ3) is 3990. The molecule has 0 radical (unpaired) electrons. The van der Waals surface area contributed by atoms with Gasteiger partial charge in [0.25, 0.3) is 0 Å². The molecule has 0 aromatic heterocycles. The Bertz CT molecular complexity index is 36.0. The number of hydrogen-bond acceptors (Lipinski definition) is 0. The molecule has 0 fully saturated rings. The lowest BCUT2D eigenvalue weighted by Gasteiger charge is -1.31. The van der Waals surface area contributed by atoms with Gasteiger partial charge in [-0.15, -0.1) is 39.5 Å². The number of hydrogen-bond donors (Lipinski definition) is 0. The van der Waals surface area contributed by atoms with Crippen LogP contribution in [0.1, 0.15) is 83.1 Å². The van der Waals surface area contributed by atoms with Gasteiger partial charge in [-0.3, -0.25) is 0 Å². The Morgan fingerprint density at radius 2 is 0.400 bits per heavy atom. The van der Waals surface area contributed by atoms with E-state index in [-0.39, 0.29) is 0 Å². The summed E-state index contributed by atoms with van der Waals surface area (Å²) in [4.78, 5) is 0. The van der Waals surface area contributed by atoms with Crippen molar-refractivity contribution in [1.82, 2.24) is 0 Å². The van der Waals surface area contributed by atoms with Gasteiger partial charge in [-0.1, -0.05) is 81.4 Å². The molecule has 0 rings (SSSR count). The normalized spacial score (nSPS) is 3.20.